The molecule has 1 heteroatoms. The lowest BCUT2D eigenvalue weighted by Crippen LogP contribution is -2.21. The molecular weight excluding hydrogens is 235 g/mol. The minimum Gasteiger partial charge on any atom is -0.0622 e. The van der Waals surface area contributed by atoms with Gasteiger partial charge in [0.05, 0.1) is 29.9 Å². The van der Waals surface area contributed by atoms with E-state index in [1.165, 1.54) is 0 Å². The minimum atomic E-state index is -1.24. The molecule has 1 rings (SSSR count). The smallest absolute Gasteiger partial charge is 0.0622 e. The number of hydrogen-bond acceptors (Lipinski definition) is 0. The van der Waals surface area contributed by atoms with Gasteiger partial charge in [-0.3, -0.25) is 0 Å². The van der Waals surface area contributed by atoms with Crippen molar-refractivity contribution in [2.75, 3.05) is 0 Å². The first-order chi connectivity index (χ1) is 8.41. The maximum absolute atomic E-state index is 3.71. The normalized spacial score (nSPS) is 11.8. The molecule has 0 amide bonds. The third-order valence-electron chi connectivity index (χ3n) is 3.73. The lowest BCUT2D eigenvalue weighted by molar-refractivity contribution is 0.930. The van der Waals surface area contributed by atoms with Crippen LogP contribution in [0, 0.1) is 11.6 Å². The summed E-state index contributed by atoms with van der Waals surface area (Å²) in [5.41, 5.74) is 6.88. The van der Waals surface area contributed by atoms with Crippen molar-refractivity contribution in [1.29, 1.82) is 0 Å². The first-order valence-corrected chi connectivity index (χ1v) is 8.87. The van der Waals surface area contributed by atoms with Crippen molar-refractivity contribution >= 4 is 7.26 Å². The number of rotatable bonds is 3. The highest BCUT2D eigenvalue weighted by atomic mass is 31.2. The second kappa shape index (κ2) is 6.40. The van der Waals surface area contributed by atoms with Gasteiger partial charge in [0.2, 0.25) is 0 Å². The molecule has 1 aromatic rings. The van der Waals surface area contributed by atoms with Gasteiger partial charge >= 0.3 is 0 Å². The monoisotopic (exact) mass is 261 g/mol. The first-order valence-electron chi connectivity index (χ1n) is 6.87. The maximum Gasteiger partial charge on any atom is 0.0997 e. The lowest BCUT2D eigenvalue weighted by Gasteiger charge is -2.32. The number of hydrogen-bond donors (Lipinski definition) is 0. The van der Waals surface area contributed by atoms with Gasteiger partial charge in [0.15, 0.2) is 0 Å². The van der Waals surface area contributed by atoms with Crippen LogP contribution >= 0.6 is 7.26 Å². The van der Waals surface area contributed by atoms with Crippen LogP contribution in [0.2, 0.25) is 0 Å². The molecule has 0 fully saturated rings. The summed E-state index contributed by atoms with van der Waals surface area (Å²) in [6.45, 7) is 14.0. The van der Waals surface area contributed by atoms with E-state index >= 15 is 0 Å². The summed E-state index contributed by atoms with van der Waals surface area (Å²) in [4.78, 5) is 0. The van der Waals surface area contributed by atoms with Crippen molar-refractivity contribution in [1.82, 2.24) is 0 Å². The predicted octanol–water partition coefficient (Wildman–Crippen LogP) is 5.24. The van der Waals surface area contributed by atoms with Crippen molar-refractivity contribution in [3.05, 3.63) is 35.9 Å². The number of benzene rings is 1. The fraction of sp³-hybridized carbons (Fsp3) is 0.529. The highest BCUT2D eigenvalue weighted by Crippen LogP contribution is 2.69. The highest BCUT2D eigenvalue weighted by Gasteiger charge is 2.46. The molecule has 1 aromatic carbocycles. The average Bonchev–Trinajstić information content (AvgIpc) is 2.29. The van der Waals surface area contributed by atoms with Crippen LogP contribution in [0.1, 0.15) is 47.1 Å². The Kier molecular flexibility index (Phi) is 5.43. The van der Waals surface area contributed by atoms with E-state index in [2.05, 4.69) is 77.4 Å². The fourth-order valence-electron chi connectivity index (χ4n) is 2.86. The molecule has 0 saturated heterocycles. The van der Waals surface area contributed by atoms with Gasteiger partial charge in [-0.1, -0.05) is 18.2 Å². The van der Waals surface area contributed by atoms with Gasteiger partial charge in [-0.25, -0.2) is 0 Å². The van der Waals surface area contributed by atoms with E-state index in [1.54, 1.807) is 0 Å². The molecule has 0 aromatic heterocycles. The van der Waals surface area contributed by atoms with E-state index in [-0.39, 0.29) is 0 Å². The molecule has 0 radical (unpaired) electrons. The average molecular weight is 261 g/mol. The van der Waals surface area contributed by atoms with Gasteiger partial charge in [0.25, 0.3) is 0 Å². The third-order valence-corrected chi connectivity index (χ3v) is 9.36. The summed E-state index contributed by atoms with van der Waals surface area (Å²) in [5, 5.41) is 0. The summed E-state index contributed by atoms with van der Waals surface area (Å²) in [6, 6.07) is 10.4. The molecule has 0 saturated carbocycles. The van der Waals surface area contributed by atoms with Gasteiger partial charge in [0, 0.05) is 5.56 Å². The van der Waals surface area contributed by atoms with Crippen LogP contribution in [-0.4, -0.2) is 17.0 Å². The second-order valence-electron chi connectivity index (χ2n) is 5.72. The Morgan fingerprint density at radius 1 is 0.778 bits per heavy atom. The van der Waals surface area contributed by atoms with Crippen molar-refractivity contribution in [2.45, 2.75) is 58.5 Å². The van der Waals surface area contributed by atoms with Crippen molar-refractivity contribution in [2.24, 2.45) is 0 Å². The van der Waals surface area contributed by atoms with E-state index in [9.17, 15) is 0 Å². The van der Waals surface area contributed by atoms with E-state index in [0.29, 0.717) is 17.0 Å². The molecule has 0 bridgehead atoms. The summed E-state index contributed by atoms with van der Waals surface area (Å²) >= 11 is 0. The third kappa shape index (κ3) is 3.15. The van der Waals surface area contributed by atoms with Crippen LogP contribution in [0.25, 0.3) is 0 Å². The largest absolute Gasteiger partial charge is 0.0997 e. The summed E-state index contributed by atoms with van der Waals surface area (Å²) in [6.07, 6.45) is 0. The lowest BCUT2D eigenvalue weighted by atomic mass is 10.2. The van der Waals surface area contributed by atoms with Crippen molar-refractivity contribution in [3.8, 4) is 11.6 Å². The molecule has 98 valence electrons. The summed E-state index contributed by atoms with van der Waals surface area (Å²) < 4.78 is 0. The van der Waals surface area contributed by atoms with Crippen LogP contribution in [0.5, 0.6) is 0 Å². The molecule has 0 aliphatic heterocycles. The molecule has 0 nitrogen and oxygen atoms in total. The SMILES string of the molecule is CC(C)[P+](C#Cc1ccccc1)(C(C)C)C(C)C. The van der Waals surface area contributed by atoms with E-state index in [4.69, 9.17) is 0 Å². The molecule has 0 N–H and O–H groups in total. The van der Waals surface area contributed by atoms with Crippen LogP contribution in [-0.2, 0) is 0 Å². The Morgan fingerprint density at radius 3 is 1.61 bits per heavy atom. The molecule has 0 aliphatic carbocycles. The predicted molar refractivity (Wildman–Crippen MR) is 85.6 cm³/mol. The van der Waals surface area contributed by atoms with Crippen LogP contribution in [0.15, 0.2) is 30.3 Å². The molecular formula is C17H26P+. The topological polar surface area (TPSA) is 0 Å². The Bertz CT molecular complexity index is 396. The van der Waals surface area contributed by atoms with Gasteiger partial charge in [-0.2, -0.15) is 0 Å². The Labute approximate surface area is 114 Å². The molecule has 0 unspecified atom stereocenters. The van der Waals surface area contributed by atoms with E-state index in [0.717, 1.165) is 5.56 Å². The zero-order valence-electron chi connectivity index (χ0n) is 12.6. The van der Waals surface area contributed by atoms with E-state index < -0.39 is 7.26 Å². The van der Waals surface area contributed by atoms with Gasteiger partial charge in [-0.15, -0.1) is 0 Å². The van der Waals surface area contributed by atoms with E-state index in [1.807, 2.05) is 6.07 Å². The fourth-order valence-corrected chi connectivity index (χ4v) is 7.53. The molecule has 0 heterocycles. The standard InChI is InChI=1S/C17H26P/c1-14(2)18(15(3)4,16(5)6)13-12-17-10-8-7-9-11-17/h7-11,14-16H,1-6H3/q+1. The Hall–Kier alpha value is -0.790. The second-order valence-corrected chi connectivity index (χ2v) is 10.7. The van der Waals surface area contributed by atoms with Crippen molar-refractivity contribution < 1.29 is 0 Å². The summed E-state index contributed by atoms with van der Waals surface area (Å²) in [5.74, 6) is 3.43. The molecule has 18 heavy (non-hydrogen) atoms. The Morgan fingerprint density at radius 2 is 1.22 bits per heavy atom. The van der Waals surface area contributed by atoms with Gasteiger partial charge < -0.3 is 0 Å². The maximum atomic E-state index is 3.71. The van der Waals surface area contributed by atoms with Gasteiger partial charge in [-0.05, 0) is 59.6 Å². The molecule has 0 spiro atoms. The minimum absolute atomic E-state index is 0.675. The first kappa shape index (κ1) is 15.3. The van der Waals surface area contributed by atoms with Crippen molar-refractivity contribution in [3.63, 3.8) is 0 Å². The highest BCUT2D eigenvalue weighted by molar-refractivity contribution is 7.82. The zero-order valence-corrected chi connectivity index (χ0v) is 13.5. The quantitative estimate of drug-likeness (QED) is 0.515. The molecule has 0 atom stereocenters. The van der Waals surface area contributed by atoms with Crippen LogP contribution < -0.4 is 0 Å². The Balaban J connectivity index is 3.18. The van der Waals surface area contributed by atoms with Crippen LogP contribution in [0.4, 0.5) is 0 Å². The molecule has 0 aliphatic rings. The van der Waals surface area contributed by atoms with Crippen LogP contribution in [0.3, 0.4) is 0 Å². The van der Waals surface area contributed by atoms with Gasteiger partial charge in [0.1, 0.15) is 0 Å². The zero-order chi connectivity index (χ0) is 13.8. The summed E-state index contributed by atoms with van der Waals surface area (Å²) in [7, 11) is -1.24.